The summed E-state index contributed by atoms with van der Waals surface area (Å²) in [6.45, 7) is 4.74. The van der Waals surface area contributed by atoms with Gasteiger partial charge < -0.3 is 11.1 Å². The second-order valence-electron chi connectivity index (χ2n) is 4.76. The van der Waals surface area contributed by atoms with Crippen LogP contribution in [0.1, 0.15) is 5.56 Å². The lowest BCUT2D eigenvalue weighted by atomic mass is 10.1. The SMILES string of the molecule is C=CCn1c(N)nnc1SCC(=O)NCCc1ccc(Cl)cc1. The summed E-state index contributed by atoms with van der Waals surface area (Å²) in [5.74, 6) is 0.516. The van der Waals surface area contributed by atoms with Crippen molar-refractivity contribution in [1.29, 1.82) is 0 Å². The molecule has 1 heterocycles. The topological polar surface area (TPSA) is 85.8 Å². The molecular weight excluding hydrogens is 334 g/mol. The van der Waals surface area contributed by atoms with E-state index in [1.165, 1.54) is 11.8 Å². The van der Waals surface area contributed by atoms with Crippen molar-refractivity contribution in [2.24, 2.45) is 0 Å². The van der Waals surface area contributed by atoms with Crippen molar-refractivity contribution in [3.63, 3.8) is 0 Å². The second kappa shape index (κ2) is 8.59. The van der Waals surface area contributed by atoms with Crippen LogP contribution in [0.5, 0.6) is 0 Å². The number of nitrogens with zero attached hydrogens (tertiary/aromatic N) is 3. The molecule has 0 saturated carbocycles. The highest BCUT2D eigenvalue weighted by atomic mass is 35.5. The van der Waals surface area contributed by atoms with Crippen LogP contribution in [0, 0.1) is 0 Å². The zero-order valence-electron chi connectivity index (χ0n) is 12.5. The van der Waals surface area contributed by atoms with Gasteiger partial charge in [0.2, 0.25) is 11.9 Å². The van der Waals surface area contributed by atoms with Crippen LogP contribution in [0.2, 0.25) is 5.02 Å². The number of allylic oxidation sites excluding steroid dienone is 1. The Labute approximate surface area is 144 Å². The summed E-state index contributed by atoms with van der Waals surface area (Å²) in [4.78, 5) is 11.9. The second-order valence-corrected chi connectivity index (χ2v) is 6.13. The normalized spacial score (nSPS) is 10.5. The third-order valence-electron chi connectivity index (χ3n) is 3.04. The summed E-state index contributed by atoms with van der Waals surface area (Å²) in [5.41, 5.74) is 6.83. The fraction of sp³-hybridized carbons (Fsp3) is 0.267. The van der Waals surface area contributed by atoms with Crippen molar-refractivity contribution < 1.29 is 4.79 Å². The molecule has 0 fully saturated rings. The molecule has 0 spiro atoms. The van der Waals surface area contributed by atoms with Crippen LogP contribution in [-0.2, 0) is 17.8 Å². The van der Waals surface area contributed by atoms with Crippen LogP contribution in [0.3, 0.4) is 0 Å². The molecule has 0 aliphatic carbocycles. The number of aromatic nitrogens is 3. The minimum absolute atomic E-state index is 0.0595. The lowest BCUT2D eigenvalue weighted by molar-refractivity contribution is -0.118. The van der Waals surface area contributed by atoms with E-state index in [2.05, 4.69) is 22.1 Å². The number of anilines is 1. The van der Waals surface area contributed by atoms with Crippen molar-refractivity contribution in [3.05, 3.63) is 47.5 Å². The van der Waals surface area contributed by atoms with Crippen molar-refractivity contribution in [2.75, 3.05) is 18.0 Å². The molecule has 0 unspecified atom stereocenters. The lowest BCUT2D eigenvalue weighted by Crippen LogP contribution is -2.27. The van der Waals surface area contributed by atoms with Crippen LogP contribution in [0.15, 0.2) is 42.1 Å². The first kappa shape index (κ1) is 17.4. The molecular formula is C15H18ClN5OS. The molecule has 8 heteroatoms. The van der Waals surface area contributed by atoms with Gasteiger partial charge in [-0.15, -0.1) is 16.8 Å². The first-order chi connectivity index (χ1) is 11.1. The number of thioether (sulfide) groups is 1. The Morgan fingerprint density at radius 3 is 2.83 bits per heavy atom. The van der Waals surface area contributed by atoms with E-state index < -0.39 is 0 Å². The molecule has 2 aromatic rings. The molecule has 1 aromatic heterocycles. The van der Waals surface area contributed by atoms with E-state index >= 15 is 0 Å². The fourth-order valence-corrected chi connectivity index (χ4v) is 2.80. The quantitative estimate of drug-likeness (QED) is 0.562. The van der Waals surface area contributed by atoms with E-state index in [1.807, 2.05) is 24.3 Å². The number of amides is 1. The Kier molecular flexibility index (Phi) is 6.49. The minimum Gasteiger partial charge on any atom is -0.368 e. The maximum atomic E-state index is 11.9. The van der Waals surface area contributed by atoms with Crippen LogP contribution in [-0.4, -0.2) is 33.0 Å². The van der Waals surface area contributed by atoms with E-state index in [1.54, 1.807) is 10.6 Å². The van der Waals surface area contributed by atoms with Gasteiger partial charge >= 0.3 is 0 Å². The molecule has 0 bridgehead atoms. The van der Waals surface area contributed by atoms with Gasteiger partial charge in [-0.1, -0.05) is 41.6 Å². The number of benzene rings is 1. The third-order valence-corrected chi connectivity index (χ3v) is 4.26. The van der Waals surface area contributed by atoms with Gasteiger partial charge in [-0.3, -0.25) is 9.36 Å². The van der Waals surface area contributed by atoms with Crippen LogP contribution >= 0.6 is 23.4 Å². The third kappa shape index (κ3) is 5.30. The molecule has 6 nitrogen and oxygen atoms in total. The van der Waals surface area contributed by atoms with Gasteiger partial charge in [-0.25, -0.2) is 0 Å². The molecule has 0 saturated heterocycles. The van der Waals surface area contributed by atoms with Crippen LogP contribution in [0.25, 0.3) is 0 Å². The summed E-state index contributed by atoms with van der Waals surface area (Å²) < 4.78 is 1.71. The zero-order chi connectivity index (χ0) is 16.7. The monoisotopic (exact) mass is 351 g/mol. The number of nitrogen functional groups attached to an aromatic ring is 1. The molecule has 0 atom stereocenters. The van der Waals surface area contributed by atoms with Crippen molar-refractivity contribution in [1.82, 2.24) is 20.1 Å². The van der Waals surface area contributed by atoms with Crippen LogP contribution < -0.4 is 11.1 Å². The average Bonchev–Trinajstić information content (AvgIpc) is 2.88. The van der Waals surface area contributed by atoms with Gasteiger partial charge in [0, 0.05) is 18.1 Å². The number of halogens is 1. The summed E-state index contributed by atoms with van der Waals surface area (Å²) in [5, 5.41) is 11.9. The standard InChI is InChI=1S/C15H18ClN5OS/c1-2-9-21-14(17)19-20-15(21)23-10-13(22)18-8-7-11-3-5-12(16)6-4-11/h2-6H,1,7-10H2,(H2,17,19)(H,18,22). The van der Waals surface area contributed by atoms with Crippen molar-refractivity contribution in [3.8, 4) is 0 Å². The van der Waals surface area contributed by atoms with E-state index in [0.29, 0.717) is 29.2 Å². The van der Waals surface area contributed by atoms with Gasteiger partial charge in [-0.05, 0) is 24.1 Å². The predicted octanol–water partition coefficient (Wildman–Crippen LogP) is 2.15. The molecule has 0 aliphatic rings. The Bertz CT molecular complexity index is 671. The molecule has 23 heavy (non-hydrogen) atoms. The highest BCUT2D eigenvalue weighted by molar-refractivity contribution is 7.99. The molecule has 1 amide bonds. The molecule has 2 rings (SSSR count). The largest absolute Gasteiger partial charge is 0.368 e. The van der Waals surface area contributed by atoms with Crippen molar-refractivity contribution >= 4 is 35.2 Å². The Morgan fingerprint density at radius 1 is 1.39 bits per heavy atom. The van der Waals surface area contributed by atoms with Gasteiger partial charge in [0.1, 0.15) is 0 Å². The minimum atomic E-state index is -0.0595. The summed E-state index contributed by atoms with van der Waals surface area (Å²) >= 11 is 7.13. The van der Waals surface area contributed by atoms with Gasteiger partial charge in [0.05, 0.1) is 5.75 Å². The Balaban J connectivity index is 1.75. The molecule has 3 N–H and O–H groups in total. The Morgan fingerprint density at radius 2 is 2.13 bits per heavy atom. The smallest absolute Gasteiger partial charge is 0.230 e. The van der Waals surface area contributed by atoms with Crippen LogP contribution in [0.4, 0.5) is 5.95 Å². The van der Waals surface area contributed by atoms with Gasteiger partial charge in [0.15, 0.2) is 5.16 Å². The Hall–Kier alpha value is -1.99. The number of rotatable bonds is 8. The summed E-state index contributed by atoms with van der Waals surface area (Å²) in [7, 11) is 0. The first-order valence-electron chi connectivity index (χ1n) is 7.03. The number of carbonyl (C=O) groups excluding carboxylic acids is 1. The first-order valence-corrected chi connectivity index (χ1v) is 8.40. The highest BCUT2D eigenvalue weighted by Crippen LogP contribution is 2.17. The van der Waals surface area contributed by atoms with E-state index in [0.717, 1.165) is 12.0 Å². The van der Waals surface area contributed by atoms with Gasteiger partial charge in [0.25, 0.3) is 0 Å². The highest BCUT2D eigenvalue weighted by Gasteiger charge is 2.11. The van der Waals surface area contributed by atoms with E-state index in [4.69, 9.17) is 17.3 Å². The zero-order valence-corrected chi connectivity index (χ0v) is 14.1. The number of nitrogens with one attached hydrogen (secondary N) is 1. The maximum Gasteiger partial charge on any atom is 0.230 e. The molecule has 122 valence electrons. The summed E-state index contributed by atoms with van der Waals surface area (Å²) in [6, 6.07) is 7.57. The van der Waals surface area contributed by atoms with Gasteiger partial charge in [-0.2, -0.15) is 0 Å². The molecule has 0 radical (unpaired) electrons. The summed E-state index contributed by atoms with van der Waals surface area (Å²) in [6.07, 6.45) is 2.46. The molecule has 0 aliphatic heterocycles. The lowest BCUT2D eigenvalue weighted by Gasteiger charge is -2.06. The number of hydrogen-bond acceptors (Lipinski definition) is 5. The number of carbonyl (C=O) groups is 1. The number of hydrogen-bond donors (Lipinski definition) is 2. The molecule has 1 aromatic carbocycles. The average molecular weight is 352 g/mol. The fourth-order valence-electron chi connectivity index (χ4n) is 1.89. The van der Waals surface area contributed by atoms with E-state index in [9.17, 15) is 4.79 Å². The number of nitrogens with two attached hydrogens (primary N) is 1. The predicted molar refractivity (Wildman–Crippen MR) is 93.5 cm³/mol. The van der Waals surface area contributed by atoms with Crippen molar-refractivity contribution in [2.45, 2.75) is 18.1 Å². The van der Waals surface area contributed by atoms with E-state index in [-0.39, 0.29) is 11.7 Å². The maximum absolute atomic E-state index is 11.9.